The molecule has 2 aromatic heterocycles. The highest BCUT2D eigenvalue weighted by atomic mass is 15.3. The Balaban J connectivity index is 1.35. The van der Waals surface area contributed by atoms with Crippen LogP contribution in [0.15, 0.2) is 48.9 Å². The third-order valence-electron chi connectivity index (χ3n) is 4.37. The van der Waals surface area contributed by atoms with E-state index >= 15 is 0 Å². The molecule has 0 spiro atoms. The number of hydrogen-bond acceptors (Lipinski definition) is 5. The average molecular weight is 320 g/mol. The highest BCUT2D eigenvalue weighted by Crippen LogP contribution is 2.21. The van der Waals surface area contributed by atoms with Crippen molar-refractivity contribution in [3.05, 3.63) is 54.5 Å². The lowest BCUT2D eigenvalue weighted by Crippen LogP contribution is -2.46. The molecule has 0 saturated carbocycles. The first-order valence-electron chi connectivity index (χ1n) is 8.23. The quantitative estimate of drug-likeness (QED) is 0.798. The van der Waals surface area contributed by atoms with Crippen LogP contribution < -0.4 is 4.90 Å². The molecule has 4 rings (SSSR count). The maximum Gasteiger partial charge on any atom is 0.160 e. The monoisotopic (exact) mass is 320 g/mol. The molecule has 0 atom stereocenters. The first kappa shape index (κ1) is 14.8. The predicted molar refractivity (Wildman–Crippen MR) is 95.8 cm³/mol. The second-order valence-electron chi connectivity index (χ2n) is 5.93. The minimum absolute atomic E-state index is 0.799. The van der Waals surface area contributed by atoms with Crippen molar-refractivity contribution in [2.75, 3.05) is 37.6 Å². The largest absolute Gasteiger partial charge is 0.353 e. The molecule has 1 saturated heterocycles. The number of nitrogens with zero attached hydrogens (tertiary/aromatic N) is 5. The summed E-state index contributed by atoms with van der Waals surface area (Å²) >= 11 is 0. The second kappa shape index (κ2) is 6.80. The van der Waals surface area contributed by atoms with Gasteiger partial charge in [0.2, 0.25) is 0 Å². The normalized spacial score (nSPS) is 16.2. The average Bonchev–Trinajstić information content (AvgIpc) is 3.12. The van der Waals surface area contributed by atoms with Gasteiger partial charge in [0, 0.05) is 32.7 Å². The van der Waals surface area contributed by atoms with Crippen molar-refractivity contribution in [2.45, 2.75) is 0 Å². The Morgan fingerprint density at radius 1 is 1.04 bits per heavy atom. The summed E-state index contributed by atoms with van der Waals surface area (Å²) in [6, 6.07) is 10.4. The van der Waals surface area contributed by atoms with E-state index in [2.05, 4.69) is 66.4 Å². The smallest absolute Gasteiger partial charge is 0.160 e. The molecular formula is C18H20N6. The van der Waals surface area contributed by atoms with Crippen LogP contribution in [-0.4, -0.2) is 57.8 Å². The predicted octanol–water partition coefficient (Wildman–Crippen LogP) is 2.19. The first-order valence-corrected chi connectivity index (χ1v) is 8.23. The van der Waals surface area contributed by atoms with Crippen LogP contribution in [0.25, 0.3) is 17.1 Å². The summed E-state index contributed by atoms with van der Waals surface area (Å²) in [4.78, 5) is 13.4. The van der Waals surface area contributed by atoms with E-state index in [-0.39, 0.29) is 0 Å². The van der Waals surface area contributed by atoms with E-state index in [0.717, 1.165) is 49.6 Å². The van der Waals surface area contributed by atoms with Crippen LogP contribution in [0.4, 0.5) is 5.82 Å². The lowest BCUT2D eigenvalue weighted by molar-refractivity contribution is 0.284. The summed E-state index contributed by atoms with van der Waals surface area (Å²) in [5.74, 6) is 0.980. The Morgan fingerprint density at radius 3 is 2.71 bits per heavy atom. The molecule has 1 aliphatic heterocycles. The maximum atomic E-state index is 4.45. The number of hydrogen-bond donors (Lipinski definition) is 1. The van der Waals surface area contributed by atoms with Crippen molar-refractivity contribution in [2.24, 2.45) is 0 Å². The van der Waals surface area contributed by atoms with E-state index in [1.54, 1.807) is 12.5 Å². The molecule has 6 nitrogen and oxygen atoms in total. The van der Waals surface area contributed by atoms with E-state index in [1.807, 2.05) is 6.07 Å². The number of rotatable bonds is 4. The van der Waals surface area contributed by atoms with Gasteiger partial charge in [-0.25, -0.2) is 9.97 Å². The molecule has 6 heteroatoms. The molecule has 0 unspecified atom stereocenters. The fourth-order valence-corrected chi connectivity index (χ4v) is 3.05. The van der Waals surface area contributed by atoms with Crippen molar-refractivity contribution in [3.63, 3.8) is 0 Å². The highest BCUT2D eigenvalue weighted by Gasteiger charge is 2.19. The van der Waals surface area contributed by atoms with Crippen LogP contribution in [0.2, 0.25) is 0 Å². The number of piperazine rings is 1. The van der Waals surface area contributed by atoms with Crippen LogP contribution in [0.1, 0.15) is 5.56 Å². The van der Waals surface area contributed by atoms with E-state index in [0.29, 0.717) is 0 Å². The van der Waals surface area contributed by atoms with Crippen molar-refractivity contribution in [3.8, 4) is 0 Å². The van der Waals surface area contributed by atoms with Gasteiger partial charge in [-0.05, 0) is 5.56 Å². The molecule has 3 aromatic rings. The summed E-state index contributed by atoms with van der Waals surface area (Å²) in [6.45, 7) is 4.98. The zero-order valence-corrected chi connectivity index (χ0v) is 13.5. The number of aromatic nitrogens is 4. The SMILES string of the molecule is C(=C\c1ccccc1)/CN1CCN(c2ncnc3[nH]ncc23)CC1. The second-order valence-corrected chi connectivity index (χ2v) is 5.93. The molecule has 1 fully saturated rings. The fraction of sp³-hybridized carbons (Fsp3) is 0.278. The highest BCUT2D eigenvalue weighted by molar-refractivity contribution is 5.86. The fourth-order valence-electron chi connectivity index (χ4n) is 3.05. The van der Waals surface area contributed by atoms with E-state index in [9.17, 15) is 0 Å². The van der Waals surface area contributed by atoms with Crippen molar-refractivity contribution >= 4 is 22.9 Å². The van der Waals surface area contributed by atoms with Crippen LogP contribution >= 0.6 is 0 Å². The van der Waals surface area contributed by atoms with Gasteiger partial charge in [-0.1, -0.05) is 42.5 Å². The van der Waals surface area contributed by atoms with Crippen molar-refractivity contribution < 1.29 is 0 Å². The minimum Gasteiger partial charge on any atom is -0.353 e. The topological polar surface area (TPSA) is 60.9 Å². The molecule has 1 aromatic carbocycles. The molecule has 0 radical (unpaired) electrons. The van der Waals surface area contributed by atoms with Gasteiger partial charge in [0.15, 0.2) is 5.65 Å². The molecule has 0 amide bonds. The molecule has 3 heterocycles. The van der Waals surface area contributed by atoms with Gasteiger partial charge in [0.1, 0.15) is 12.1 Å². The van der Waals surface area contributed by atoms with E-state index in [1.165, 1.54) is 5.56 Å². The summed E-state index contributed by atoms with van der Waals surface area (Å²) < 4.78 is 0. The van der Waals surface area contributed by atoms with Crippen LogP contribution in [-0.2, 0) is 0 Å². The number of nitrogens with one attached hydrogen (secondary N) is 1. The lowest BCUT2D eigenvalue weighted by atomic mass is 10.2. The zero-order valence-electron chi connectivity index (χ0n) is 13.5. The zero-order chi connectivity index (χ0) is 16.2. The Labute approximate surface area is 140 Å². The molecule has 0 aliphatic carbocycles. The van der Waals surface area contributed by atoms with Crippen LogP contribution in [0.5, 0.6) is 0 Å². The number of fused-ring (bicyclic) bond motifs is 1. The number of benzene rings is 1. The number of anilines is 1. The molecule has 1 aliphatic rings. The number of aromatic amines is 1. The van der Waals surface area contributed by atoms with Crippen molar-refractivity contribution in [1.82, 2.24) is 25.1 Å². The van der Waals surface area contributed by atoms with Gasteiger partial charge in [-0.15, -0.1) is 0 Å². The summed E-state index contributed by atoms with van der Waals surface area (Å²) in [5.41, 5.74) is 2.05. The summed E-state index contributed by atoms with van der Waals surface area (Å²) in [5, 5.41) is 7.97. The minimum atomic E-state index is 0.799. The molecule has 122 valence electrons. The van der Waals surface area contributed by atoms with Gasteiger partial charge in [-0.3, -0.25) is 10.00 Å². The molecule has 1 N–H and O–H groups in total. The first-order chi connectivity index (χ1) is 11.9. The summed E-state index contributed by atoms with van der Waals surface area (Å²) in [7, 11) is 0. The van der Waals surface area contributed by atoms with Gasteiger partial charge in [-0.2, -0.15) is 5.10 Å². The van der Waals surface area contributed by atoms with Crippen LogP contribution in [0, 0.1) is 0 Å². The summed E-state index contributed by atoms with van der Waals surface area (Å²) in [6.07, 6.45) is 7.83. The van der Waals surface area contributed by atoms with E-state index in [4.69, 9.17) is 0 Å². The van der Waals surface area contributed by atoms with Crippen molar-refractivity contribution in [1.29, 1.82) is 0 Å². The Bertz CT molecular complexity index is 818. The van der Waals surface area contributed by atoms with E-state index < -0.39 is 0 Å². The molecule has 0 bridgehead atoms. The lowest BCUT2D eigenvalue weighted by Gasteiger charge is -2.34. The molecule has 24 heavy (non-hydrogen) atoms. The van der Waals surface area contributed by atoms with Crippen LogP contribution in [0.3, 0.4) is 0 Å². The third-order valence-corrected chi connectivity index (χ3v) is 4.37. The Kier molecular flexibility index (Phi) is 4.20. The van der Waals surface area contributed by atoms with Gasteiger partial charge < -0.3 is 4.90 Å². The molecular weight excluding hydrogens is 300 g/mol. The van der Waals surface area contributed by atoms with Gasteiger partial charge in [0.05, 0.1) is 11.6 Å². The Hall–Kier alpha value is -2.73. The standard InChI is InChI=1S/C18H20N6/c1-2-5-15(6-3-1)7-4-8-23-9-11-24(12-10-23)18-16-13-21-22-17(16)19-14-20-18/h1-7,13-14H,8-12H2,(H,19,20,21,22)/b7-4+. The number of H-pyrrole nitrogens is 1. The third kappa shape index (κ3) is 3.14. The van der Waals surface area contributed by atoms with Gasteiger partial charge in [0.25, 0.3) is 0 Å². The Morgan fingerprint density at radius 2 is 1.88 bits per heavy atom. The maximum absolute atomic E-state index is 4.45. The van der Waals surface area contributed by atoms with Gasteiger partial charge >= 0.3 is 0 Å².